The molecule has 0 aliphatic carbocycles. The first-order valence-corrected chi connectivity index (χ1v) is 11.8. The van der Waals surface area contributed by atoms with Gasteiger partial charge in [-0.25, -0.2) is 9.61 Å². The molecule has 5 rings (SSSR count). The van der Waals surface area contributed by atoms with Gasteiger partial charge >= 0.3 is 0 Å². The van der Waals surface area contributed by atoms with Gasteiger partial charge in [0.05, 0.1) is 23.9 Å². The van der Waals surface area contributed by atoms with Crippen LogP contribution in [0.1, 0.15) is 18.1 Å². The third kappa shape index (κ3) is 6.34. The molecule has 4 aromatic rings. The maximum absolute atomic E-state index is 8.86. The van der Waals surface area contributed by atoms with Crippen molar-refractivity contribution in [3.8, 4) is 23.1 Å². The zero-order valence-electron chi connectivity index (χ0n) is 20.1. The zero-order valence-corrected chi connectivity index (χ0v) is 20.1. The second-order valence-electron chi connectivity index (χ2n) is 8.19. The molecule has 8 nitrogen and oxygen atoms in total. The number of aromatic nitrogens is 3. The van der Waals surface area contributed by atoms with Crippen LogP contribution in [0.5, 0.6) is 5.88 Å². The molecule has 1 unspecified atom stereocenters. The predicted molar refractivity (Wildman–Crippen MR) is 141 cm³/mol. The molecule has 2 aromatic carbocycles. The van der Waals surface area contributed by atoms with Gasteiger partial charge < -0.3 is 15.4 Å². The van der Waals surface area contributed by atoms with E-state index in [-0.39, 0.29) is 6.10 Å². The summed E-state index contributed by atoms with van der Waals surface area (Å²) in [5.74, 6) is 0.609. The molecule has 0 fully saturated rings. The topological polar surface area (TPSA) is 109 Å². The van der Waals surface area contributed by atoms with Crippen molar-refractivity contribution >= 4 is 16.7 Å². The van der Waals surface area contributed by atoms with Gasteiger partial charge in [0.15, 0.2) is 0 Å². The zero-order chi connectivity index (χ0) is 25.2. The molecule has 0 bridgehead atoms. The van der Waals surface area contributed by atoms with Crippen molar-refractivity contribution < 1.29 is 9.37 Å². The van der Waals surface area contributed by atoms with Crippen molar-refractivity contribution in [2.75, 3.05) is 25.0 Å². The molecule has 1 atom stereocenters. The molecule has 1 aliphatic rings. The van der Waals surface area contributed by atoms with Crippen LogP contribution in [-0.2, 0) is 6.42 Å². The van der Waals surface area contributed by atoms with Gasteiger partial charge in [0, 0.05) is 18.3 Å². The van der Waals surface area contributed by atoms with Crippen LogP contribution in [0.3, 0.4) is 0 Å². The third-order valence-electron chi connectivity index (χ3n) is 5.61. The van der Waals surface area contributed by atoms with E-state index in [0.717, 1.165) is 41.8 Å². The Morgan fingerprint density at radius 3 is 2.72 bits per heavy atom. The fourth-order valence-electron chi connectivity index (χ4n) is 3.71. The second-order valence-corrected chi connectivity index (χ2v) is 8.19. The molecule has 0 spiro atoms. The minimum absolute atomic E-state index is 0.00405. The monoisotopic (exact) mass is 480 g/mol. The Hall–Kier alpha value is -4.48. The maximum Gasteiger partial charge on any atom is 0.237 e. The van der Waals surface area contributed by atoms with E-state index in [1.54, 1.807) is 12.3 Å². The van der Waals surface area contributed by atoms with Crippen LogP contribution in [0, 0.1) is 11.3 Å². The van der Waals surface area contributed by atoms with E-state index in [9.17, 15) is 0 Å². The third-order valence-corrected chi connectivity index (χ3v) is 5.61. The Morgan fingerprint density at radius 1 is 1.14 bits per heavy atom. The van der Waals surface area contributed by atoms with Crippen LogP contribution >= 0.6 is 0 Å². The minimum atomic E-state index is 0.00405. The molecule has 0 saturated carbocycles. The minimum Gasteiger partial charge on any atom is -0.470 e. The fourth-order valence-corrected chi connectivity index (χ4v) is 3.71. The van der Waals surface area contributed by atoms with Gasteiger partial charge in [0.1, 0.15) is 17.1 Å². The summed E-state index contributed by atoms with van der Waals surface area (Å²) in [4.78, 5) is 4.51. The number of rotatable bonds is 7. The SMILES string of the molecule is C=C/C=C\C.N#Cc1ccc(CCNCC2CNc3cc(-c4ccc5nonc5c4)cnc3O2)cc1. The van der Waals surface area contributed by atoms with Crippen LogP contribution in [0.15, 0.2) is 84.2 Å². The van der Waals surface area contributed by atoms with Gasteiger partial charge in [0.25, 0.3) is 0 Å². The number of nitrogens with one attached hydrogen (secondary N) is 2. The lowest BCUT2D eigenvalue weighted by Crippen LogP contribution is -2.40. The number of hydrogen-bond acceptors (Lipinski definition) is 8. The molecule has 0 amide bonds. The first-order valence-electron chi connectivity index (χ1n) is 11.8. The Morgan fingerprint density at radius 2 is 1.97 bits per heavy atom. The normalized spacial score (nSPS) is 14.2. The van der Waals surface area contributed by atoms with Crippen LogP contribution in [0.4, 0.5) is 5.69 Å². The van der Waals surface area contributed by atoms with Crippen molar-refractivity contribution in [3.05, 3.63) is 90.7 Å². The Kier molecular flexibility index (Phi) is 8.41. The molecule has 8 heteroatoms. The van der Waals surface area contributed by atoms with E-state index < -0.39 is 0 Å². The van der Waals surface area contributed by atoms with Crippen molar-refractivity contribution in [3.63, 3.8) is 0 Å². The fraction of sp³-hybridized carbons (Fsp3) is 0.214. The van der Waals surface area contributed by atoms with Gasteiger partial charge in [-0.05, 0) is 71.7 Å². The van der Waals surface area contributed by atoms with E-state index in [2.05, 4.69) is 38.6 Å². The summed E-state index contributed by atoms with van der Waals surface area (Å²) in [7, 11) is 0. The highest BCUT2D eigenvalue weighted by Crippen LogP contribution is 2.32. The molecule has 36 heavy (non-hydrogen) atoms. The van der Waals surface area contributed by atoms with Gasteiger partial charge in [-0.2, -0.15) is 5.26 Å². The predicted octanol–water partition coefficient (Wildman–Crippen LogP) is 4.91. The van der Waals surface area contributed by atoms with E-state index in [4.69, 9.17) is 14.6 Å². The summed E-state index contributed by atoms with van der Waals surface area (Å²) in [6, 6.07) is 17.6. The van der Waals surface area contributed by atoms with Crippen molar-refractivity contribution in [1.29, 1.82) is 5.26 Å². The number of nitrogens with zero attached hydrogens (tertiary/aromatic N) is 4. The van der Waals surface area contributed by atoms with Gasteiger partial charge in [0.2, 0.25) is 5.88 Å². The van der Waals surface area contributed by atoms with E-state index in [0.29, 0.717) is 23.5 Å². The highest BCUT2D eigenvalue weighted by molar-refractivity contribution is 5.81. The average Bonchev–Trinajstić information content (AvgIpc) is 3.40. The van der Waals surface area contributed by atoms with Gasteiger partial charge in [-0.15, -0.1) is 0 Å². The standard InChI is InChI=1S/C23H20N6O2.C5H8/c24-11-16-3-1-15(2-4-16)7-8-25-13-19-14-26-22-10-18(12-27-23(22)30-19)17-5-6-20-21(9-17)29-31-28-20;1-3-5-4-2/h1-6,9-10,12,19,25-26H,7-8,13-14H2;3-5H,1H2,2H3/b;5-4-. The first kappa shape index (κ1) is 24.6. The summed E-state index contributed by atoms with van der Waals surface area (Å²) in [5.41, 5.74) is 6.17. The lowest BCUT2D eigenvalue weighted by molar-refractivity contribution is 0.194. The van der Waals surface area contributed by atoms with Crippen molar-refractivity contribution in [2.45, 2.75) is 19.4 Å². The molecular weight excluding hydrogens is 452 g/mol. The van der Waals surface area contributed by atoms with Gasteiger partial charge in [-0.3, -0.25) is 0 Å². The van der Waals surface area contributed by atoms with E-state index in [1.165, 1.54) is 5.56 Å². The molecule has 2 N–H and O–H groups in total. The number of ether oxygens (including phenoxy) is 1. The van der Waals surface area contributed by atoms with Crippen LogP contribution in [0.25, 0.3) is 22.2 Å². The smallest absolute Gasteiger partial charge is 0.237 e. The molecule has 1 aliphatic heterocycles. The summed E-state index contributed by atoms with van der Waals surface area (Å²) >= 11 is 0. The molecule has 3 heterocycles. The van der Waals surface area contributed by atoms with Crippen LogP contribution < -0.4 is 15.4 Å². The van der Waals surface area contributed by atoms with E-state index >= 15 is 0 Å². The Balaban J connectivity index is 0.000000556. The first-order chi connectivity index (χ1) is 17.7. The van der Waals surface area contributed by atoms with Crippen LogP contribution in [0.2, 0.25) is 0 Å². The highest BCUT2D eigenvalue weighted by atomic mass is 16.6. The summed E-state index contributed by atoms with van der Waals surface area (Å²) in [6.45, 7) is 7.69. The second kappa shape index (κ2) is 12.3. The molecule has 0 saturated heterocycles. The molecular formula is C28H28N6O2. The van der Waals surface area contributed by atoms with Crippen LogP contribution in [-0.4, -0.2) is 41.0 Å². The summed E-state index contributed by atoms with van der Waals surface area (Å²) in [6.07, 6.45) is 8.28. The molecule has 0 radical (unpaired) electrons. The number of benzene rings is 2. The summed E-state index contributed by atoms with van der Waals surface area (Å²) in [5, 5.41) is 23.5. The number of nitriles is 1. The lowest BCUT2D eigenvalue weighted by atomic mass is 10.1. The van der Waals surface area contributed by atoms with Gasteiger partial charge in [-0.1, -0.05) is 43.0 Å². The quantitative estimate of drug-likeness (QED) is 0.284. The Bertz CT molecular complexity index is 1370. The summed E-state index contributed by atoms with van der Waals surface area (Å²) < 4.78 is 10.8. The van der Waals surface area contributed by atoms with E-state index in [1.807, 2.05) is 67.6 Å². The molecule has 182 valence electrons. The number of fused-ring (bicyclic) bond motifs is 2. The number of hydrogen-bond donors (Lipinski definition) is 2. The number of allylic oxidation sites excluding steroid dienone is 3. The largest absolute Gasteiger partial charge is 0.470 e. The van der Waals surface area contributed by atoms with Crippen molar-refractivity contribution in [1.82, 2.24) is 20.6 Å². The number of pyridine rings is 1. The lowest BCUT2D eigenvalue weighted by Gasteiger charge is -2.27. The number of anilines is 1. The highest BCUT2D eigenvalue weighted by Gasteiger charge is 2.20. The Labute approximate surface area is 210 Å². The maximum atomic E-state index is 8.86. The molecule has 2 aromatic heterocycles. The average molecular weight is 481 g/mol. The van der Waals surface area contributed by atoms with Crippen molar-refractivity contribution in [2.24, 2.45) is 0 Å².